The van der Waals surface area contributed by atoms with E-state index in [1.165, 1.54) is 7.05 Å². The number of hydrogen-bond donors (Lipinski definition) is 3. The highest BCUT2D eigenvalue weighted by Gasteiger charge is 2.14. The van der Waals surface area contributed by atoms with E-state index in [0.29, 0.717) is 38.3 Å². The molecule has 0 amide bonds. The number of halogens is 1. The second-order valence-corrected chi connectivity index (χ2v) is 9.02. The van der Waals surface area contributed by atoms with Crippen molar-refractivity contribution >= 4 is 33.4 Å². The molecule has 0 spiro atoms. The maximum Gasteiger partial charge on any atom is 0.241 e. The number of benzene rings is 3. The molecule has 0 saturated heterocycles. The molecule has 0 unspecified atom stereocenters. The van der Waals surface area contributed by atoms with Gasteiger partial charge in [0, 0.05) is 7.05 Å². The van der Waals surface area contributed by atoms with E-state index >= 15 is 0 Å². The molecule has 0 radical (unpaired) electrons. The van der Waals surface area contributed by atoms with Crippen LogP contribution in [0.3, 0.4) is 0 Å². The lowest BCUT2D eigenvalue weighted by molar-refractivity contribution is 0.458. The minimum absolute atomic E-state index is 0.403. The number of nitrogens with zero attached hydrogens (tertiary/aromatic N) is 2. The van der Waals surface area contributed by atoms with Crippen LogP contribution in [0.15, 0.2) is 71.6 Å². The summed E-state index contributed by atoms with van der Waals surface area (Å²) < 4.78 is 28.8. The minimum atomic E-state index is -3.03. The van der Waals surface area contributed by atoms with E-state index in [0.717, 1.165) is 11.1 Å². The van der Waals surface area contributed by atoms with Crippen molar-refractivity contribution in [3.05, 3.63) is 77.4 Å². The molecule has 1 heterocycles. The summed E-state index contributed by atoms with van der Waals surface area (Å²) in [5.41, 5.74) is 3.63. The first-order valence-electron chi connectivity index (χ1n) is 9.15. The average molecular weight is 442 g/mol. The third-order valence-electron chi connectivity index (χ3n) is 4.61. The largest absolute Gasteiger partial charge is 0.437 e. The second kappa shape index (κ2) is 8.22. The summed E-state index contributed by atoms with van der Waals surface area (Å²) in [4.78, 5) is 9.49. The highest BCUT2D eigenvalue weighted by Crippen LogP contribution is 2.44. The highest BCUT2D eigenvalue weighted by atomic mass is 35.5. The Bertz CT molecular complexity index is 1230. The number of aryl methyl sites for hydroxylation is 1. The van der Waals surface area contributed by atoms with Crippen molar-refractivity contribution in [1.82, 2.24) is 14.7 Å². The van der Waals surface area contributed by atoms with Crippen molar-refractivity contribution in [3.8, 4) is 22.8 Å². The van der Waals surface area contributed by atoms with Crippen molar-refractivity contribution in [2.75, 3.05) is 7.05 Å². The van der Waals surface area contributed by atoms with Crippen LogP contribution in [0.4, 0.5) is 0 Å². The van der Waals surface area contributed by atoms with Crippen LogP contribution in [0.5, 0.6) is 11.6 Å². The van der Waals surface area contributed by atoms with Gasteiger partial charge in [-0.15, -0.1) is 10.8 Å². The highest BCUT2D eigenvalue weighted by molar-refractivity contribution is 8.22. The van der Waals surface area contributed by atoms with E-state index < -0.39 is 10.8 Å². The van der Waals surface area contributed by atoms with E-state index in [9.17, 15) is 9.11 Å². The molecule has 0 bridgehead atoms. The first kappa shape index (κ1) is 20.6. The SMILES string of the molecule is CNS(O)(O)c1cccc(-c2cccc(Oc3nc4cccc(Cl)c4nc3C)c2)c1. The average Bonchev–Trinajstić information content (AvgIpc) is 2.75. The van der Waals surface area contributed by atoms with E-state index in [4.69, 9.17) is 16.3 Å². The predicted octanol–water partition coefficient (Wildman–Crippen LogP) is 6.29. The smallest absolute Gasteiger partial charge is 0.241 e. The summed E-state index contributed by atoms with van der Waals surface area (Å²) in [6.07, 6.45) is 0. The zero-order valence-corrected chi connectivity index (χ0v) is 17.9. The van der Waals surface area contributed by atoms with Crippen molar-refractivity contribution in [3.63, 3.8) is 0 Å². The molecule has 0 aliphatic rings. The molecule has 4 rings (SSSR count). The Labute approximate surface area is 181 Å². The minimum Gasteiger partial charge on any atom is -0.437 e. The van der Waals surface area contributed by atoms with Gasteiger partial charge in [-0.05, 0) is 54.4 Å². The van der Waals surface area contributed by atoms with E-state index in [1.54, 1.807) is 24.3 Å². The maximum absolute atomic E-state index is 10.1. The van der Waals surface area contributed by atoms with E-state index in [2.05, 4.69) is 14.7 Å². The fraction of sp³-hybridized carbons (Fsp3) is 0.0909. The van der Waals surface area contributed by atoms with Gasteiger partial charge >= 0.3 is 0 Å². The Morgan fingerprint density at radius 3 is 2.40 bits per heavy atom. The van der Waals surface area contributed by atoms with Crippen LogP contribution >= 0.6 is 22.4 Å². The number of ether oxygens (including phenoxy) is 1. The zero-order chi connectivity index (χ0) is 21.3. The van der Waals surface area contributed by atoms with Crippen molar-refractivity contribution in [1.29, 1.82) is 0 Å². The number of aromatic nitrogens is 2. The molecule has 154 valence electrons. The van der Waals surface area contributed by atoms with Crippen LogP contribution in [-0.4, -0.2) is 26.1 Å². The summed E-state index contributed by atoms with van der Waals surface area (Å²) in [6, 6.07) is 20.0. The predicted molar refractivity (Wildman–Crippen MR) is 121 cm³/mol. The Hall–Kier alpha value is -2.68. The molecule has 3 aromatic carbocycles. The van der Waals surface area contributed by atoms with Gasteiger partial charge in [-0.3, -0.25) is 9.11 Å². The molecule has 30 heavy (non-hydrogen) atoms. The Kier molecular flexibility index (Phi) is 5.64. The maximum atomic E-state index is 10.1. The van der Waals surface area contributed by atoms with Crippen LogP contribution in [-0.2, 0) is 0 Å². The molecule has 8 heteroatoms. The molecule has 4 aromatic rings. The van der Waals surface area contributed by atoms with Crippen molar-refractivity contribution in [2.45, 2.75) is 11.8 Å². The summed E-state index contributed by atoms with van der Waals surface area (Å²) in [5.74, 6) is 0.997. The van der Waals surface area contributed by atoms with Gasteiger partial charge in [0.2, 0.25) is 5.88 Å². The molecular formula is C22H20ClN3O3S. The van der Waals surface area contributed by atoms with Gasteiger partial charge in [0.25, 0.3) is 0 Å². The first-order chi connectivity index (χ1) is 14.4. The van der Waals surface area contributed by atoms with E-state index in [-0.39, 0.29) is 0 Å². The lowest BCUT2D eigenvalue weighted by Crippen LogP contribution is -2.14. The van der Waals surface area contributed by atoms with Gasteiger partial charge in [-0.25, -0.2) is 14.7 Å². The Morgan fingerprint density at radius 2 is 1.63 bits per heavy atom. The number of rotatable bonds is 5. The third-order valence-corrected chi connectivity index (χ3v) is 6.39. The molecule has 0 aliphatic heterocycles. The first-order valence-corrected chi connectivity index (χ1v) is 11.1. The molecular weight excluding hydrogens is 422 g/mol. The second-order valence-electron chi connectivity index (χ2n) is 6.63. The topological polar surface area (TPSA) is 87.5 Å². The Balaban J connectivity index is 1.68. The lowest BCUT2D eigenvalue weighted by Gasteiger charge is -2.31. The molecule has 6 nitrogen and oxygen atoms in total. The summed E-state index contributed by atoms with van der Waals surface area (Å²) in [5, 5.41) is 0.545. The number of fused-ring (bicyclic) bond motifs is 1. The Morgan fingerprint density at radius 1 is 0.933 bits per heavy atom. The van der Waals surface area contributed by atoms with Gasteiger partial charge in [-0.1, -0.05) is 41.9 Å². The number of nitrogens with one attached hydrogen (secondary N) is 1. The van der Waals surface area contributed by atoms with E-state index in [1.807, 2.05) is 49.4 Å². The van der Waals surface area contributed by atoms with Crippen LogP contribution < -0.4 is 9.46 Å². The van der Waals surface area contributed by atoms with Crippen LogP contribution in [0, 0.1) is 6.92 Å². The lowest BCUT2D eigenvalue weighted by atomic mass is 10.1. The summed E-state index contributed by atoms with van der Waals surface area (Å²) in [6.45, 7) is 1.82. The number of para-hydroxylation sites is 1. The fourth-order valence-electron chi connectivity index (χ4n) is 3.03. The normalized spacial score (nSPS) is 12.2. The fourth-order valence-corrected chi connectivity index (χ4v) is 4.04. The third kappa shape index (κ3) is 4.12. The molecule has 0 aliphatic carbocycles. The molecule has 1 aromatic heterocycles. The molecule has 0 saturated carbocycles. The standard InChI is InChI=1S/C22H20ClN3O3S/c1-14-22(26-20-11-5-10-19(23)21(20)25-14)29-17-8-3-6-15(12-17)16-7-4-9-18(13-16)30(27,28)24-2/h3-13,24,27-28H,1-2H3. The zero-order valence-electron chi connectivity index (χ0n) is 16.3. The van der Waals surface area contributed by atoms with Gasteiger partial charge in [-0.2, -0.15) is 0 Å². The van der Waals surface area contributed by atoms with Gasteiger partial charge in [0.15, 0.2) is 0 Å². The molecule has 0 fully saturated rings. The summed E-state index contributed by atoms with van der Waals surface area (Å²) >= 11 is 6.20. The summed E-state index contributed by atoms with van der Waals surface area (Å²) in [7, 11) is -1.52. The van der Waals surface area contributed by atoms with Gasteiger partial charge < -0.3 is 4.74 Å². The molecule has 3 N–H and O–H groups in total. The van der Waals surface area contributed by atoms with Crippen LogP contribution in [0.25, 0.3) is 22.2 Å². The quantitative estimate of drug-likeness (QED) is 0.337. The van der Waals surface area contributed by atoms with Crippen molar-refractivity contribution in [2.24, 2.45) is 0 Å². The van der Waals surface area contributed by atoms with Gasteiger partial charge in [0.05, 0.1) is 15.4 Å². The van der Waals surface area contributed by atoms with Crippen LogP contribution in [0.1, 0.15) is 5.69 Å². The monoisotopic (exact) mass is 441 g/mol. The number of hydrogen-bond acceptors (Lipinski definition) is 6. The van der Waals surface area contributed by atoms with Crippen molar-refractivity contribution < 1.29 is 13.8 Å². The molecule has 0 atom stereocenters. The van der Waals surface area contributed by atoms with Gasteiger partial charge in [0.1, 0.15) is 17.0 Å². The van der Waals surface area contributed by atoms with Crippen LogP contribution in [0.2, 0.25) is 5.02 Å².